The average Bonchev–Trinajstić information content (AvgIpc) is 3.15. The van der Waals surface area contributed by atoms with E-state index in [1.54, 1.807) is 50.4 Å². The largest absolute Gasteiger partial charge is 0.454 e. The Bertz CT molecular complexity index is 1300. The van der Waals surface area contributed by atoms with Gasteiger partial charge in [-0.1, -0.05) is 24.3 Å². The number of methoxy groups -OCH3 is 1. The van der Waals surface area contributed by atoms with Crippen molar-refractivity contribution in [3.63, 3.8) is 0 Å². The van der Waals surface area contributed by atoms with Crippen LogP contribution in [-0.4, -0.2) is 51.6 Å². The zero-order valence-corrected chi connectivity index (χ0v) is 21.2. The predicted molar refractivity (Wildman–Crippen MR) is 133 cm³/mol. The summed E-state index contributed by atoms with van der Waals surface area (Å²) < 4.78 is 40.1. The Kier molecular flexibility index (Phi) is 8.48. The SMILES string of the molecule is CCN(c1ccccc1)S(=O)(=O)c1cccc(C(=O)OCC(=O)c2cc(C)n(CCOC)c2C)c1. The third-order valence-electron chi connectivity index (χ3n) is 5.72. The van der Waals surface area contributed by atoms with Crippen molar-refractivity contribution in [3.8, 4) is 0 Å². The molecule has 3 rings (SSSR count). The summed E-state index contributed by atoms with van der Waals surface area (Å²) in [5.74, 6) is -1.11. The standard InChI is InChI=1S/C26H30N2O6S/c1-5-28(22-11-7-6-8-12-22)35(31,32)23-13-9-10-21(17-23)26(30)34-18-25(29)24-16-19(2)27(20(24)3)14-15-33-4/h6-13,16-17H,5,14-15,18H2,1-4H3. The second-order valence-electron chi connectivity index (χ2n) is 7.96. The van der Waals surface area contributed by atoms with Crippen LogP contribution >= 0.6 is 0 Å². The zero-order chi connectivity index (χ0) is 25.6. The number of ether oxygens (including phenoxy) is 2. The second kappa shape index (κ2) is 11.3. The molecule has 0 N–H and O–H groups in total. The van der Waals surface area contributed by atoms with E-state index in [1.165, 1.54) is 28.6 Å². The highest BCUT2D eigenvalue weighted by Gasteiger charge is 2.25. The fraction of sp³-hybridized carbons (Fsp3) is 0.308. The number of esters is 1. The van der Waals surface area contributed by atoms with Crippen LogP contribution < -0.4 is 4.31 Å². The molecule has 186 valence electrons. The summed E-state index contributed by atoms with van der Waals surface area (Å²) in [6, 6.07) is 16.1. The molecular formula is C26H30N2O6S. The van der Waals surface area contributed by atoms with Gasteiger partial charge in [0, 0.05) is 37.2 Å². The Balaban J connectivity index is 1.74. The molecule has 0 atom stereocenters. The molecule has 2 aromatic carbocycles. The molecule has 0 radical (unpaired) electrons. The number of nitrogens with zero attached hydrogens (tertiary/aromatic N) is 2. The van der Waals surface area contributed by atoms with Gasteiger partial charge in [0.15, 0.2) is 6.61 Å². The maximum absolute atomic E-state index is 13.2. The van der Waals surface area contributed by atoms with Crippen LogP contribution in [0.1, 0.15) is 39.0 Å². The minimum atomic E-state index is -3.90. The molecule has 0 aliphatic rings. The van der Waals surface area contributed by atoms with Crippen molar-refractivity contribution in [3.05, 3.63) is 83.2 Å². The Morgan fingerprint density at radius 2 is 1.71 bits per heavy atom. The van der Waals surface area contributed by atoms with E-state index in [0.717, 1.165) is 11.4 Å². The number of rotatable bonds is 11. The third kappa shape index (κ3) is 5.80. The molecule has 0 saturated heterocycles. The lowest BCUT2D eigenvalue weighted by Crippen LogP contribution is -2.30. The molecule has 8 nitrogen and oxygen atoms in total. The van der Waals surface area contributed by atoms with Gasteiger partial charge < -0.3 is 14.0 Å². The molecule has 0 aliphatic heterocycles. The first-order chi connectivity index (χ1) is 16.7. The normalized spacial score (nSPS) is 11.3. The summed E-state index contributed by atoms with van der Waals surface area (Å²) in [5, 5.41) is 0. The number of ketones is 1. The van der Waals surface area contributed by atoms with Crippen LogP contribution in [0.25, 0.3) is 0 Å². The van der Waals surface area contributed by atoms with E-state index < -0.39 is 22.6 Å². The number of carbonyl (C=O) groups is 2. The van der Waals surface area contributed by atoms with Crippen LogP contribution in [-0.2, 0) is 26.0 Å². The van der Waals surface area contributed by atoms with Crippen molar-refractivity contribution in [1.82, 2.24) is 4.57 Å². The summed E-state index contributed by atoms with van der Waals surface area (Å²) in [5.41, 5.74) is 2.73. The van der Waals surface area contributed by atoms with Crippen molar-refractivity contribution in [2.45, 2.75) is 32.2 Å². The molecular weight excluding hydrogens is 468 g/mol. The number of Topliss-reactive ketones (excluding diaryl/α,β-unsaturated/α-hetero) is 1. The Morgan fingerprint density at radius 1 is 1.00 bits per heavy atom. The third-order valence-corrected chi connectivity index (χ3v) is 7.62. The van der Waals surface area contributed by atoms with Gasteiger partial charge in [-0.3, -0.25) is 9.10 Å². The van der Waals surface area contributed by atoms with Crippen molar-refractivity contribution < 1.29 is 27.5 Å². The molecule has 1 aromatic heterocycles. The molecule has 0 fully saturated rings. The highest BCUT2D eigenvalue weighted by atomic mass is 32.2. The molecule has 0 unspecified atom stereocenters. The molecule has 0 aliphatic carbocycles. The molecule has 1 heterocycles. The number of aromatic nitrogens is 1. The summed E-state index contributed by atoms with van der Waals surface area (Å²) in [6.45, 7) is 6.36. The van der Waals surface area contributed by atoms with E-state index in [1.807, 2.05) is 18.4 Å². The van der Waals surface area contributed by atoms with Crippen LogP contribution in [0.15, 0.2) is 65.6 Å². The van der Waals surface area contributed by atoms with Gasteiger partial charge in [0.25, 0.3) is 10.0 Å². The van der Waals surface area contributed by atoms with Crippen LogP contribution in [0, 0.1) is 13.8 Å². The summed E-state index contributed by atoms with van der Waals surface area (Å²) in [6.07, 6.45) is 0. The van der Waals surface area contributed by atoms with Gasteiger partial charge >= 0.3 is 5.97 Å². The summed E-state index contributed by atoms with van der Waals surface area (Å²) in [7, 11) is -2.29. The van der Waals surface area contributed by atoms with Gasteiger partial charge in [0.05, 0.1) is 22.8 Å². The molecule has 0 amide bonds. The number of carbonyl (C=O) groups excluding carboxylic acids is 2. The lowest BCUT2D eigenvalue weighted by atomic mass is 10.1. The molecule has 0 bridgehead atoms. The number of para-hydroxylation sites is 1. The van der Waals surface area contributed by atoms with Gasteiger partial charge in [-0.2, -0.15) is 0 Å². The van der Waals surface area contributed by atoms with Crippen LogP contribution in [0.4, 0.5) is 5.69 Å². The first-order valence-electron chi connectivity index (χ1n) is 11.2. The molecule has 3 aromatic rings. The Morgan fingerprint density at radius 3 is 2.37 bits per heavy atom. The van der Waals surface area contributed by atoms with E-state index in [0.29, 0.717) is 24.4 Å². The number of aryl methyl sites for hydroxylation is 1. The van der Waals surface area contributed by atoms with Gasteiger partial charge in [0.1, 0.15) is 0 Å². The van der Waals surface area contributed by atoms with Gasteiger partial charge in [-0.05, 0) is 57.2 Å². The van der Waals surface area contributed by atoms with Gasteiger partial charge in [-0.25, -0.2) is 13.2 Å². The molecule has 0 spiro atoms. The maximum Gasteiger partial charge on any atom is 0.338 e. The number of sulfonamides is 1. The monoisotopic (exact) mass is 498 g/mol. The second-order valence-corrected chi connectivity index (χ2v) is 9.82. The number of anilines is 1. The van der Waals surface area contributed by atoms with Crippen molar-refractivity contribution in [2.24, 2.45) is 0 Å². The fourth-order valence-electron chi connectivity index (χ4n) is 3.90. The van der Waals surface area contributed by atoms with Crippen LogP contribution in [0.5, 0.6) is 0 Å². The van der Waals surface area contributed by atoms with E-state index in [9.17, 15) is 18.0 Å². The average molecular weight is 499 g/mol. The van der Waals surface area contributed by atoms with Crippen LogP contribution in [0.2, 0.25) is 0 Å². The summed E-state index contributed by atoms with van der Waals surface area (Å²) >= 11 is 0. The van der Waals surface area contributed by atoms with Crippen molar-refractivity contribution in [2.75, 3.05) is 31.2 Å². The molecule has 35 heavy (non-hydrogen) atoms. The fourth-order valence-corrected chi connectivity index (χ4v) is 5.42. The van der Waals surface area contributed by atoms with Crippen molar-refractivity contribution in [1.29, 1.82) is 0 Å². The number of hydrogen-bond donors (Lipinski definition) is 0. The van der Waals surface area contributed by atoms with E-state index in [4.69, 9.17) is 9.47 Å². The molecule has 9 heteroatoms. The molecule has 0 saturated carbocycles. The smallest absolute Gasteiger partial charge is 0.338 e. The zero-order valence-electron chi connectivity index (χ0n) is 20.4. The number of hydrogen-bond acceptors (Lipinski definition) is 6. The van der Waals surface area contributed by atoms with Crippen molar-refractivity contribution >= 4 is 27.5 Å². The Hall–Kier alpha value is -3.43. The predicted octanol–water partition coefficient (Wildman–Crippen LogP) is 4.01. The van der Waals surface area contributed by atoms with E-state index in [-0.39, 0.29) is 22.8 Å². The highest BCUT2D eigenvalue weighted by molar-refractivity contribution is 7.92. The quantitative estimate of drug-likeness (QED) is 0.293. The first kappa shape index (κ1) is 26.2. The van der Waals surface area contributed by atoms with E-state index >= 15 is 0 Å². The minimum Gasteiger partial charge on any atom is -0.454 e. The summed E-state index contributed by atoms with van der Waals surface area (Å²) in [4.78, 5) is 25.4. The van der Waals surface area contributed by atoms with E-state index in [2.05, 4.69) is 0 Å². The lowest BCUT2D eigenvalue weighted by Gasteiger charge is -2.23. The van der Waals surface area contributed by atoms with Gasteiger partial charge in [0.2, 0.25) is 5.78 Å². The number of benzene rings is 2. The van der Waals surface area contributed by atoms with Crippen LogP contribution in [0.3, 0.4) is 0 Å². The van der Waals surface area contributed by atoms with Gasteiger partial charge in [-0.15, -0.1) is 0 Å². The first-order valence-corrected chi connectivity index (χ1v) is 12.7. The highest BCUT2D eigenvalue weighted by Crippen LogP contribution is 2.24. The topological polar surface area (TPSA) is 94.9 Å². The maximum atomic E-state index is 13.2. The minimum absolute atomic E-state index is 0.0364. The lowest BCUT2D eigenvalue weighted by molar-refractivity contribution is 0.0474. The Labute approximate surface area is 206 Å².